The van der Waals surface area contributed by atoms with Crippen molar-refractivity contribution in [2.75, 3.05) is 0 Å². The van der Waals surface area contributed by atoms with E-state index in [1.165, 1.54) is 6.92 Å². The zero-order valence-electron chi connectivity index (χ0n) is 15.1. The molecule has 0 radical (unpaired) electrons. The van der Waals surface area contributed by atoms with E-state index in [1.807, 2.05) is 30.3 Å². The summed E-state index contributed by atoms with van der Waals surface area (Å²) in [5.41, 5.74) is 7.12. The number of nitrogens with two attached hydrogens (primary N) is 1. The number of rotatable bonds is 7. The Labute approximate surface area is 152 Å². The van der Waals surface area contributed by atoms with Crippen LogP contribution >= 0.6 is 0 Å². The summed E-state index contributed by atoms with van der Waals surface area (Å²) >= 11 is 0. The molecule has 2 aromatic rings. The van der Waals surface area contributed by atoms with E-state index in [1.54, 1.807) is 13.8 Å². The molecule has 2 rings (SSSR count). The van der Waals surface area contributed by atoms with Gasteiger partial charge in [-0.2, -0.15) is 0 Å². The van der Waals surface area contributed by atoms with Gasteiger partial charge in [0.1, 0.15) is 0 Å². The van der Waals surface area contributed by atoms with Crippen molar-refractivity contribution in [1.29, 1.82) is 0 Å². The molecule has 1 aromatic carbocycles. The van der Waals surface area contributed by atoms with Crippen LogP contribution in [0.25, 0.3) is 0 Å². The number of carbonyl (C=O) groups is 2. The van der Waals surface area contributed by atoms with Gasteiger partial charge in [-0.1, -0.05) is 44.2 Å². The van der Waals surface area contributed by atoms with Gasteiger partial charge in [-0.25, -0.2) is 0 Å². The number of aromatic hydroxyl groups is 2. The van der Waals surface area contributed by atoms with E-state index in [2.05, 4.69) is 10.3 Å². The van der Waals surface area contributed by atoms with Crippen molar-refractivity contribution >= 4 is 11.7 Å². The van der Waals surface area contributed by atoms with Crippen molar-refractivity contribution in [2.24, 2.45) is 11.7 Å². The van der Waals surface area contributed by atoms with Crippen LogP contribution < -0.4 is 11.1 Å². The summed E-state index contributed by atoms with van der Waals surface area (Å²) in [6.45, 7) is 5.10. The highest BCUT2D eigenvalue weighted by Gasteiger charge is 2.31. The van der Waals surface area contributed by atoms with E-state index >= 15 is 0 Å². The molecule has 0 spiro atoms. The van der Waals surface area contributed by atoms with Crippen LogP contribution in [0.1, 0.15) is 47.8 Å². The van der Waals surface area contributed by atoms with Gasteiger partial charge < -0.3 is 21.3 Å². The summed E-state index contributed by atoms with van der Waals surface area (Å²) in [5.74, 6) is -1.72. The molecule has 1 heterocycles. The minimum Gasteiger partial charge on any atom is -0.494 e. The highest BCUT2D eigenvalue weighted by Crippen LogP contribution is 2.30. The minimum absolute atomic E-state index is 0.0196. The van der Waals surface area contributed by atoms with Gasteiger partial charge in [-0.3, -0.25) is 14.6 Å². The predicted molar refractivity (Wildman–Crippen MR) is 97.9 cm³/mol. The molecule has 0 unspecified atom stereocenters. The molecule has 0 bridgehead atoms. The number of aromatic amines is 1. The molecule has 7 heteroatoms. The second-order valence-electron chi connectivity index (χ2n) is 6.70. The van der Waals surface area contributed by atoms with Crippen molar-refractivity contribution in [2.45, 2.75) is 39.3 Å². The summed E-state index contributed by atoms with van der Waals surface area (Å²) in [5, 5.41) is 22.2. The van der Waals surface area contributed by atoms with Crippen LogP contribution in [-0.4, -0.2) is 32.9 Å². The molecule has 2 atom stereocenters. The van der Waals surface area contributed by atoms with Crippen LogP contribution in [0, 0.1) is 12.8 Å². The van der Waals surface area contributed by atoms with Crippen LogP contribution in [0.5, 0.6) is 11.8 Å². The van der Waals surface area contributed by atoms with Gasteiger partial charge >= 0.3 is 0 Å². The van der Waals surface area contributed by atoms with Crippen LogP contribution in [0.3, 0.4) is 0 Å². The number of nitrogens with one attached hydrogen (secondary N) is 2. The Hall–Kier alpha value is -2.80. The quantitative estimate of drug-likeness (QED) is 0.484. The minimum atomic E-state index is -0.842. The molecule has 1 aromatic heterocycles. The molecule has 140 valence electrons. The molecule has 6 N–H and O–H groups in total. The Morgan fingerprint density at radius 3 is 2.27 bits per heavy atom. The molecular formula is C19H25N3O4. The average molecular weight is 359 g/mol. The highest BCUT2D eigenvalue weighted by atomic mass is 16.3. The monoisotopic (exact) mass is 359 g/mol. The third kappa shape index (κ3) is 4.23. The van der Waals surface area contributed by atoms with Crippen LogP contribution in [-0.2, 0) is 4.79 Å². The SMILES string of the molecule is Cc1c(O)[nH]c(O)c1C(=O)[C@@H](NC(=O)C[C@H](N)c1ccccc1)C(C)C. The first kappa shape index (κ1) is 19.5. The van der Waals surface area contributed by atoms with E-state index in [-0.39, 0.29) is 35.3 Å². The summed E-state index contributed by atoms with van der Waals surface area (Å²) in [6.07, 6.45) is 0.0316. The van der Waals surface area contributed by atoms with Gasteiger partial charge in [0.05, 0.1) is 11.6 Å². The molecule has 0 fully saturated rings. The van der Waals surface area contributed by atoms with Gasteiger partial charge in [0.2, 0.25) is 11.8 Å². The average Bonchev–Trinajstić information content (AvgIpc) is 2.85. The molecule has 0 saturated heterocycles. The van der Waals surface area contributed by atoms with E-state index in [0.717, 1.165) is 5.56 Å². The predicted octanol–water partition coefficient (Wildman–Crippen LogP) is 2.15. The Bertz CT molecular complexity index is 784. The zero-order valence-corrected chi connectivity index (χ0v) is 15.1. The maximum Gasteiger partial charge on any atom is 0.222 e. The van der Waals surface area contributed by atoms with Crippen molar-refractivity contribution in [1.82, 2.24) is 10.3 Å². The van der Waals surface area contributed by atoms with Crippen molar-refractivity contribution in [3.8, 4) is 11.8 Å². The van der Waals surface area contributed by atoms with Gasteiger partial charge in [0, 0.05) is 18.0 Å². The molecule has 0 aliphatic carbocycles. The first-order chi connectivity index (χ1) is 12.2. The highest BCUT2D eigenvalue weighted by molar-refractivity contribution is 6.05. The maximum atomic E-state index is 12.8. The molecule has 1 amide bonds. The number of aromatic nitrogens is 1. The lowest BCUT2D eigenvalue weighted by Crippen LogP contribution is -2.45. The van der Waals surface area contributed by atoms with Gasteiger partial charge in [0.15, 0.2) is 11.7 Å². The first-order valence-electron chi connectivity index (χ1n) is 8.47. The molecular weight excluding hydrogens is 334 g/mol. The third-order valence-electron chi connectivity index (χ3n) is 4.35. The van der Waals surface area contributed by atoms with Crippen LogP contribution in [0.15, 0.2) is 30.3 Å². The third-order valence-corrected chi connectivity index (χ3v) is 4.35. The van der Waals surface area contributed by atoms with Gasteiger partial charge in [0.25, 0.3) is 0 Å². The summed E-state index contributed by atoms with van der Waals surface area (Å²) in [4.78, 5) is 27.5. The van der Waals surface area contributed by atoms with Crippen molar-refractivity contribution in [3.05, 3.63) is 47.0 Å². The molecule has 26 heavy (non-hydrogen) atoms. The fourth-order valence-corrected chi connectivity index (χ4v) is 2.81. The summed E-state index contributed by atoms with van der Waals surface area (Å²) in [6, 6.07) is 7.91. The normalized spacial score (nSPS) is 13.4. The lowest BCUT2D eigenvalue weighted by atomic mass is 9.93. The first-order valence-corrected chi connectivity index (χ1v) is 8.47. The fourth-order valence-electron chi connectivity index (χ4n) is 2.81. The van der Waals surface area contributed by atoms with Crippen LogP contribution in [0.4, 0.5) is 0 Å². The number of ketones is 1. The lowest BCUT2D eigenvalue weighted by molar-refractivity contribution is -0.122. The van der Waals surface area contributed by atoms with Gasteiger partial charge in [-0.15, -0.1) is 0 Å². The number of carbonyl (C=O) groups excluding carboxylic acids is 2. The second-order valence-corrected chi connectivity index (χ2v) is 6.70. The number of amides is 1. The van der Waals surface area contributed by atoms with E-state index in [9.17, 15) is 19.8 Å². The number of hydrogen-bond donors (Lipinski definition) is 5. The largest absolute Gasteiger partial charge is 0.494 e. The Morgan fingerprint density at radius 1 is 1.15 bits per heavy atom. The number of benzene rings is 1. The van der Waals surface area contributed by atoms with Gasteiger partial charge in [-0.05, 0) is 18.4 Å². The maximum absolute atomic E-state index is 12.8. The molecule has 7 nitrogen and oxygen atoms in total. The standard InChI is InChI=1S/C19H25N3O4/c1-10(2)16(17(24)15-11(3)18(25)22-19(15)26)21-14(23)9-13(20)12-7-5-4-6-8-12/h4-8,10,13,16,22,25-26H,9,20H2,1-3H3,(H,21,23)/t13-,16-/m0/s1. The molecule has 0 aliphatic rings. The fraction of sp³-hybridized carbons (Fsp3) is 0.368. The Balaban J connectivity index is 2.12. The van der Waals surface area contributed by atoms with Crippen molar-refractivity contribution < 1.29 is 19.8 Å². The summed E-state index contributed by atoms with van der Waals surface area (Å²) < 4.78 is 0. The second kappa shape index (κ2) is 8.05. The Morgan fingerprint density at radius 2 is 1.77 bits per heavy atom. The lowest BCUT2D eigenvalue weighted by Gasteiger charge is -2.22. The molecule has 0 saturated carbocycles. The van der Waals surface area contributed by atoms with Crippen molar-refractivity contribution in [3.63, 3.8) is 0 Å². The van der Waals surface area contributed by atoms with E-state index in [4.69, 9.17) is 5.73 Å². The van der Waals surface area contributed by atoms with Crippen LogP contribution in [0.2, 0.25) is 0 Å². The smallest absolute Gasteiger partial charge is 0.222 e. The topological polar surface area (TPSA) is 128 Å². The summed E-state index contributed by atoms with van der Waals surface area (Å²) in [7, 11) is 0. The van der Waals surface area contributed by atoms with E-state index in [0.29, 0.717) is 0 Å². The molecule has 0 aliphatic heterocycles. The number of hydrogen-bond acceptors (Lipinski definition) is 5. The zero-order chi connectivity index (χ0) is 19.4. The Kier molecular flexibility index (Phi) is 6.05. The number of H-pyrrole nitrogens is 1. The van der Waals surface area contributed by atoms with E-state index < -0.39 is 23.7 Å². The number of Topliss-reactive ketones (excluding diaryl/α,β-unsaturated/α-hetero) is 1.